The summed E-state index contributed by atoms with van der Waals surface area (Å²) >= 11 is 0. The summed E-state index contributed by atoms with van der Waals surface area (Å²) in [5, 5.41) is 15.1. The highest BCUT2D eigenvalue weighted by molar-refractivity contribution is 5.75. The highest BCUT2D eigenvalue weighted by atomic mass is 16.5. The average Bonchev–Trinajstić information content (AvgIpc) is 2.88. The molecule has 1 rings (SSSR count). The molecular formula is C14H23N3O4. The van der Waals surface area contributed by atoms with E-state index in [0.717, 1.165) is 25.7 Å². The average molecular weight is 297 g/mol. The Balaban J connectivity index is 2.06. The van der Waals surface area contributed by atoms with Crippen molar-refractivity contribution in [1.82, 2.24) is 15.5 Å². The molecule has 21 heavy (non-hydrogen) atoms. The molecule has 0 radical (unpaired) electrons. The Morgan fingerprint density at radius 2 is 2.00 bits per heavy atom. The summed E-state index contributed by atoms with van der Waals surface area (Å²) in [6.45, 7) is 2.61. The van der Waals surface area contributed by atoms with Gasteiger partial charge in [0.25, 0.3) is 0 Å². The van der Waals surface area contributed by atoms with Gasteiger partial charge in [-0.1, -0.05) is 18.5 Å². The first-order valence-corrected chi connectivity index (χ1v) is 7.41. The van der Waals surface area contributed by atoms with Gasteiger partial charge in [-0.25, -0.2) is 0 Å². The number of carboxylic acid groups (broad SMARTS) is 1. The smallest absolute Gasteiger partial charge is 0.303 e. The topological polar surface area (TPSA) is 105 Å². The summed E-state index contributed by atoms with van der Waals surface area (Å²) in [6, 6.07) is 0. The second kappa shape index (κ2) is 9.90. The van der Waals surface area contributed by atoms with Crippen LogP contribution in [0.3, 0.4) is 0 Å². The van der Waals surface area contributed by atoms with Crippen molar-refractivity contribution < 1.29 is 19.2 Å². The quantitative estimate of drug-likeness (QED) is 0.602. The van der Waals surface area contributed by atoms with E-state index < -0.39 is 5.97 Å². The maximum Gasteiger partial charge on any atom is 0.303 e. The number of carbonyl (C=O) groups excluding carboxylic acids is 1. The number of hydrogen-bond acceptors (Lipinski definition) is 5. The van der Waals surface area contributed by atoms with Gasteiger partial charge in [0.2, 0.25) is 11.8 Å². The molecule has 1 heterocycles. The number of aliphatic carboxylic acids is 1. The van der Waals surface area contributed by atoms with Crippen molar-refractivity contribution in [2.75, 3.05) is 6.54 Å². The van der Waals surface area contributed by atoms with E-state index in [1.807, 2.05) is 6.92 Å². The maximum absolute atomic E-state index is 11.6. The predicted octanol–water partition coefficient (Wildman–Crippen LogP) is 1.72. The summed E-state index contributed by atoms with van der Waals surface area (Å²) in [5.41, 5.74) is 0. The van der Waals surface area contributed by atoms with Crippen LogP contribution in [0.1, 0.15) is 57.2 Å². The zero-order chi connectivity index (χ0) is 15.5. The van der Waals surface area contributed by atoms with Gasteiger partial charge in [-0.15, -0.1) is 0 Å². The van der Waals surface area contributed by atoms with Crippen LogP contribution >= 0.6 is 0 Å². The molecule has 0 atom stereocenters. The second-order valence-corrected chi connectivity index (χ2v) is 4.91. The van der Waals surface area contributed by atoms with E-state index in [4.69, 9.17) is 9.63 Å². The van der Waals surface area contributed by atoms with Crippen molar-refractivity contribution in [3.05, 3.63) is 11.7 Å². The summed E-state index contributed by atoms with van der Waals surface area (Å²) in [5.74, 6) is 0.353. The zero-order valence-electron chi connectivity index (χ0n) is 12.4. The van der Waals surface area contributed by atoms with Crippen molar-refractivity contribution >= 4 is 11.9 Å². The SMILES string of the molecule is CCCc1noc(CCC(=O)NCCCCCC(=O)O)n1. The predicted molar refractivity (Wildman–Crippen MR) is 75.7 cm³/mol. The molecule has 0 fully saturated rings. The van der Waals surface area contributed by atoms with Crippen molar-refractivity contribution in [3.63, 3.8) is 0 Å². The van der Waals surface area contributed by atoms with E-state index in [-0.39, 0.29) is 12.3 Å². The molecular weight excluding hydrogens is 274 g/mol. The van der Waals surface area contributed by atoms with E-state index in [2.05, 4.69) is 15.5 Å². The molecule has 0 saturated carbocycles. The fraction of sp³-hybridized carbons (Fsp3) is 0.714. The van der Waals surface area contributed by atoms with Crippen molar-refractivity contribution in [3.8, 4) is 0 Å². The van der Waals surface area contributed by atoms with E-state index in [1.165, 1.54) is 0 Å². The van der Waals surface area contributed by atoms with Gasteiger partial charge in [-0.2, -0.15) is 4.98 Å². The third-order valence-electron chi connectivity index (χ3n) is 2.94. The third kappa shape index (κ3) is 8.06. The minimum Gasteiger partial charge on any atom is -0.481 e. The molecule has 1 amide bonds. The lowest BCUT2D eigenvalue weighted by molar-refractivity contribution is -0.137. The van der Waals surface area contributed by atoms with Crippen LogP contribution in [0.2, 0.25) is 0 Å². The number of amides is 1. The molecule has 0 aromatic carbocycles. The van der Waals surface area contributed by atoms with Gasteiger partial charge in [0.1, 0.15) is 0 Å². The Hall–Kier alpha value is -1.92. The van der Waals surface area contributed by atoms with E-state index >= 15 is 0 Å². The summed E-state index contributed by atoms with van der Waals surface area (Å²) in [7, 11) is 0. The highest BCUT2D eigenvalue weighted by Gasteiger charge is 2.08. The van der Waals surface area contributed by atoms with Crippen LogP contribution in [-0.2, 0) is 22.4 Å². The minimum absolute atomic E-state index is 0.0523. The number of nitrogens with zero attached hydrogens (tertiary/aromatic N) is 2. The monoisotopic (exact) mass is 297 g/mol. The first kappa shape index (κ1) is 17.1. The number of carbonyl (C=O) groups is 2. The lowest BCUT2D eigenvalue weighted by atomic mass is 10.2. The molecule has 1 aromatic rings. The third-order valence-corrected chi connectivity index (χ3v) is 2.94. The fourth-order valence-electron chi connectivity index (χ4n) is 1.83. The van der Waals surface area contributed by atoms with Gasteiger partial charge in [0, 0.05) is 32.2 Å². The zero-order valence-corrected chi connectivity index (χ0v) is 12.4. The summed E-state index contributed by atoms with van der Waals surface area (Å²) < 4.78 is 5.05. The van der Waals surface area contributed by atoms with Crippen LogP contribution in [0.4, 0.5) is 0 Å². The van der Waals surface area contributed by atoms with Crippen LogP contribution in [0.5, 0.6) is 0 Å². The molecule has 0 bridgehead atoms. The number of rotatable bonds is 11. The van der Waals surface area contributed by atoms with Crippen LogP contribution in [0, 0.1) is 0 Å². The summed E-state index contributed by atoms with van der Waals surface area (Å²) in [6.07, 6.45) is 4.94. The lowest BCUT2D eigenvalue weighted by Crippen LogP contribution is -2.24. The number of carboxylic acids is 1. The molecule has 7 nitrogen and oxygen atoms in total. The van der Waals surface area contributed by atoms with Crippen molar-refractivity contribution in [2.45, 2.75) is 58.3 Å². The Bertz CT molecular complexity index is 445. The van der Waals surface area contributed by atoms with Crippen molar-refractivity contribution in [1.29, 1.82) is 0 Å². The van der Waals surface area contributed by atoms with E-state index in [0.29, 0.717) is 37.5 Å². The number of nitrogens with one attached hydrogen (secondary N) is 1. The number of unbranched alkanes of at least 4 members (excludes halogenated alkanes) is 2. The van der Waals surface area contributed by atoms with Gasteiger partial charge < -0.3 is 14.9 Å². The lowest BCUT2D eigenvalue weighted by Gasteiger charge is -2.03. The Morgan fingerprint density at radius 1 is 1.19 bits per heavy atom. The molecule has 2 N–H and O–H groups in total. The van der Waals surface area contributed by atoms with E-state index in [1.54, 1.807) is 0 Å². The normalized spacial score (nSPS) is 10.5. The number of hydrogen-bond donors (Lipinski definition) is 2. The standard InChI is InChI=1S/C14H23N3O4/c1-2-6-11-16-13(21-17-11)9-8-12(18)15-10-5-3-4-7-14(19)20/h2-10H2,1H3,(H,15,18)(H,19,20). The van der Waals surface area contributed by atoms with Crippen molar-refractivity contribution in [2.24, 2.45) is 0 Å². The Morgan fingerprint density at radius 3 is 2.71 bits per heavy atom. The van der Waals surface area contributed by atoms with Crippen LogP contribution in [0.15, 0.2) is 4.52 Å². The van der Waals surface area contributed by atoms with Gasteiger partial charge in [-0.3, -0.25) is 9.59 Å². The largest absolute Gasteiger partial charge is 0.481 e. The molecule has 0 spiro atoms. The number of aromatic nitrogens is 2. The Labute approximate surface area is 124 Å². The maximum atomic E-state index is 11.6. The molecule has 0 saturated heterocycles. The number of aryl methyl sites for hydroxylation is 2. The van der Waals surface area contributed by atoms with Crippen LogP contribution in [-0.4, -0.2) is 33.7 Å². The molecule has 7 heteroatoms. The first-order chi connectivity index (χ1) is 10.1. The van der Waals surface area contributed by atoms with Gasteiger partial charge in [0.15, 0.2) is 5.82 Å². The molecule has 1 aromatic heterocycles. The molecule has 0 aliphatic rings. The summed E-state index contributed by atoms with van der Waals surface area (Å²) in [4.78, 5) is 26.1. The highest BCUT2D eigenvalue weighted by Crippen LogP contribution is 2.03. The van der Waals surface area contributed by atoms with Crippen LogP contribution < -0.4 is 5.32 Å². The molecule has 0 unspecified atom stereocenters. The van der Waals surface area contributed by atoms with Gasteiger partial charge in [-0.05, 0) is 19.3 Å². The minimum atomic E-state index is -0.777. The van der Waals surface area contributed by atoms with E-state index in [9.17, 15) is 9.59 Å². The second-order valence-electron chi connectivity index (χ2n) is 4.91. The molecule has 0 aliphatic carbocycles. The molecule has 0 aliphatic heterocycles. The Kier molecular flexibility index (Phi) is 8.08. The van der Waals surface area contributed by atoms with Gasteiger partial charge >= 0.3 is 5.97 Å². The van der Waals surface area contributed by atoms with Gasteiger partial charge in [0.05, 0.1) is 0 Å². The first-order valence-electron chi connectivity index (χ1n) is 7.41. The fourth-order valence-corrected chi connectivity index (χ4v) is 1.83. The molecule has 118 valence electrons. The van der Waals surface area contributed by atoms with Crippen LogP contribution in [0.25, 0.3) is 0 Å².